The summed E-state index contributed by atoms with van der Waals surface area (Å²) in [6, 6.07) is 12.2. The molecule has 0 aliphatic carbocycles. The molecule has 0 saturated carbocycles. The molecule has 2 N–H and O–H groups in total. The summed E-state index contributed by atoms with van der Waals surface area (Å²) in [5, 5.41) is 12.4. The van der Waals surface area contributed by atoms with E-state index in [1.165, 1.54) is 24.3 Å². The van der Waals surface area contributed by atoms with E-state index in [9.17, 15) is 9.59 Å². The van der Waals surface area contributed by atoms with Crippen molar-refractivity contribution in [1.29, 1.82) is 0 Å². The Morgan fingerprint density at radius 3 is 2.31 bits per heavy atom. The second-order valence-corrected chi connectivity index (χ2v) is 6.47. The van der Waals surface area contributed by atoms with Gasteiger partial charge < -0.3 is 14.8 Å². The summed E-state index contributed by atoms with van der Waals surface area (Å²) in [6.07, 6.45) is 0. The van der Waals surface area contributed by atoms with Crippen LogP contribution < -0.4 is 5.32 Å². The van der Waals surface area contributed by atoms with Gasteiger partial charge in [-0.3, -0.25) is 4.79 Å². The highest BCUT2D eigenvalue weighted by molar-refractivity contribution is 6.42. The lowest BCUT2D eigenvalue weighted by atomic mass is 10.2. The first-order valence-corrected chi connectivity index (χ1v) is 8.38. The zero-order chi connectivity index (χ0) is 18.8. The van der Waals surface area contributed by atoms with E-state index in [1.54, 1.807) is 24.3 Å². The lowest BCUT2D eigenvalue weighted by molar-refractivity contribution is 0.0697. The minimum Gasteiger partial charge on any atom is -0.478 e. The van der Waals surface area contributed by atoms with Gasteiger partial charge in [-0.2, -0.15) is 0 Å². The number of halogens is 3. The number of carbonyl (C=O) groups excluding carboxylic acids is 1. The summed E-state index contributed by atoms with van der Waals surface area (Å²) >= 11 is 17.8. The molecule has 1 amide bonds. The van der Waals surface area contributed by atoms with Crippen molar-refractivity contribution in [3.8, 4) is 11.3 Å². The molecule has 0 aliphatic heterocycles. The number of anilines is 1. The van der Waals surface area contributed by atoms with E-state index in [0.717, 1.165) is 0 Å². The molecule has 0 radical (unpaired) electrons. The van der Waals surface area contributed by atoms with Crippen molar-refractivity contribution >= 4 is 52.4 Å². The zero-order valence-corrected chi connectivity index (χ0v) is 15.2. The minimum absolute atomic E-state index is 0.0197. The molecular weight excluding hydrogens is 401 g/mol. The largest absolute Gasteiger partial charge is 0.478 e. The molecule has 0 fully saturated rings. The first kappa shape index (κ1) is 18.3. The molecule has 0 atom stereocenters. The van der Waals surface area contributed by atoms with E-state index in [1.807, 2.05) is 0 Å². The van der Waals surface area contributed by atoms with Crippen molar-refractivity contribution < 1.29 is 19.1 Å². The van der Waals surface area contributed by atoms with Crippen LogP contribution in [-0.4, -0.2) is 17.0 Å². The van der Waals surface area contributed by atoms with Gasteiger partial charge in [0.15, 0.2) is 5.76 Å². The van der Waals surface area contributed by atoms with Crippen LogP contribution in [0.3, 0.4) is 0 Å². The van der Waals surface area contributed by atoms with Crippen molar-refractivity contribution in [2.45, 2.75) is 0 Å². The number of furan rings is 1. The van der Waals surface area contributed by atoms with Crippen molar-refractivity contribution in [3.05, 3.63) is 74.9 Å². The van der Waals surface area contributed by atoms with Gasteiger partial charge in [0.2, 0.25) is 0 Å². The number of hydrogen-bond donors (Lipinski definition) is 2. The number of rotatable bonds is 4. The number of aromatic carboxylic acids is 1. The fourth-order valence-corrected chi connectivity index (χ4v) is 2.78. The second kappa shape index (κ2) is 7.41. The summed E-state index contributed by atoms with van der Waals surface area (Å²) in [7, 11) is 0. The third kappa shape index (κ3) is 3.85. The molecule has 0 bridgehead atoms. The van der Waals surface area contributed by atoms with Gasteiger partial charge in [-0.1, -0.05) is 34.8 Å². The minimum atomic E-state index is -1.15. The molecule has 8 heteroatoms. The monoisotopic (exact) mass is 409 g/mol. The van der Waals surface area contributed by atoms with Gasteiger partial charge in [-0.15, -0.1) is 0 Å². The average molecular weight is 411 g/mol. The number of carbonyl (C=O) groups is 2. The fraction of sp³-hybridized carbons (Fsp3) is 0. The number of carboxylic acids is 1. The summed E-state index contributed by atoms with van der Waals surface area (Å²) in [6.45, 7) is 0. The van der Waals surface area contributed by atoms with Crippen LogP contribution in [0.2, 0.25) is 15.1 Å². The number of carboxylic acid groups (broad SMARTS) is 1. The van der Waals surface area contributed by atoms with E-state index in [-0.39, 0.29) is 16.3 Å². The Balaban J connectivity index is 1.79. The van der Waals surface area contributed by atoms with Crippen LogP contribution in [0.5, 0.6) is 0 Å². The molecular formula is C18H10Cl3NO4. The van der Waals surface area contributed by atoms with Gasteiger partial charge in [-0.25, -0.2) is 4.79 Å². The highest BCUT2D eigenvalue weighted by atomic mass is 35.5. The van der Waals surface area contributed by atoms with Crippen molar-refractivity contribution in [2.24, 2.45) is 0 Å². The van der Waals surface area contributed by atoms with Gasteiger partial charge in [0, 0.05) is 11.3 Å². The number of amides is 1. The molecule has 2 aromatic carbocycles. The second-order valence-electron chi connectivity index (χ2n) is 5.25. The Bertz CT molecular complexity index is 1010. The predicted molar refractivity (Wildman–Crippen MR) is 101 cm³/mol. The summed E-state index contributed by atoms with van der Waals surface area (Å²) in [4.78, 5) is 23.3. The van der Waals surface area contributed by atoms with E-state index in [0.29, 0.717) is 27.1 Å². The summed E-state index contributed by atoms with van der Waals surface area (Å²) < 4.78 is 5.55. The van der Waals surface area contributed by atoms with E-state index in [4.69, 9.17) is 44.3 Å². The van der Waals surface area contributed by atoms with Crippen molar-refractivity contribution in [2.75, 3.05) is 5.32 Å². The Morgan fingerprint density at radius 2 is 1.65 bits per heavy atom. The normalized spacial score (nSPS) is 10.6. The van der Waals surface area contributed by atoms with Gasteiger partial charge in [0.05, 0.1) is 20.6 Å². The Hall–Kier alpha value is -2.47. The Labute approximate surface area is 163 Å². The maximum absolute atomic E-state index is 12.3. The molecule has 0 saturated heterocycles. The predicted octanol–water partition coefficient (Wildman–Crippen LogP) is 5.86. The third-order valence-corrected chi connectivity index (χ3v) is 4.54. The molecule has 132 valence electrons. The SMILES string of the molecule is O=C(Nc1ccc(C(=O)O)c(Cl)c1)c1ccc(-c2ccc(Cl)c(Cl)c2)o1. The molecule has 0 spiro atoms. The van der Waals surface area contributed by atoms with Crippen molar-refractivity contribution in [1.82, 2.24) is 0 Å². The third-order valence-electron chi connectivity index (χ3n) is 3.49. The lowest BCUT2D eigenvalue weighted by Gasteiger charge is -2.05. The maximum atomic E-state index is 12.3. The van der Waals surface area contributed by atoms with Crippen LogP contribution in [0.4, 0.5) is 5.69 Å². The van der Waals surface area contributed by atoms with Gasteiger partial charge in [-0.05, 0) is 48.5 Å². The topological polar surface area (TPSA) is 79.5 Å². The molecule has 5 nitrogen and oxygen atoms in total. The first-order chi connectivity index (χ1) is 12.3. The summed E-state index contributed by atoms with van der Waals surface area (Å²) in [5.41, 5.74) is 0.967. The Morgan fingerprint density at radius 1 is 0.885 bits per heavy atom. The van der Waals surface area contributed by atoms with Crippen LogP contribution >= 0.6 is 34.8 Å². The average Bonchev–Trinajstić information content (AvgIpc) is 3.07. The standard InChI is InChI=1S/C18H10Cl3NO4/c19-12-4-1-9(7-14(12)21)15-5-6-16(26-15)17(23)22-10-2-3-11(18(24)25)13(20)8-10/h1-8H,(H,22,23)(H,24,25). The van der Waals surface area contributed by atoms with Crippen LogP contribution in [0, 0.1) is 0 Å². The summed E-state index contributed by atoms with van der Waals surface area (Å²) in [5.74, 6) is -1.13. The van der Waals surface area contributed by atoms with Crippen LogP contribution in [-0.2, 0) is 0 Å². The molecule has 1 aromatic heterocycles. The van der Waals surface area contributed by atoms with E-state index < -0.39 is 11.9 Å². The quantitative estimate of drug-likeness (QED) is 0.565. The lowest BCUT2D eigenvalue weighted by Crippen LogP contribution is -2.11. The smallest absolute Gasteiger partial charge is 0.337 e. The number of hydrogen-bond acceptors (Lipinski definition) is 3. The van der Waals surface area contributed by atoms with E-state index in [2.05, 4.69) is 5.32 Å². The molecule has 26 heavy (non-hydrogen) atoms. The highest BCUT2D eigenvalue weighted by Gasteiger charge is 2.15. The first-order valence-electron chi connectivity index (χ1n) is 7.24. The van der Waals surface area contributed by atoms with Crippen LogP contribution in [0.1, 0.15) is 20.9 Å². The van der Waals surface area contributed by atoms with Gasteiger partial charge in [0.1, 0.15) is 5.76 Å². The van der Waals surface area contributed by atoms with E-state index >= 15 is 0 Å². The Kier molecular flexibility index (Phi) is 5.23. The number of nitrogens with one attached hydrogen (secondary N) is 1. The molecule has 1 heterocycles. The van der Waals surface area contributed by atoms with Crippen molar-refractivity contribution in [3.63, 3.8) is 0 Å². The molecule has 3 rings (SSSR count). The number of benzene rings is 2. The van der Waals surface area contributed by atoms with Crippen LogP contribution in [0.25, 0.3) is 11.3 Å². The maximum Gasteiger partial charge on any atom is 0.337 e. The highest BCUT2D eigenvalue weighted by Crippen LogP contribution is 2.30. The fourth-order valence-electron chi connectivity index (χ4n) is 2.22. The molecule has 0 unspecified atom stereocenters. The van der Waals surface area contributed by atoms with Crippen LogP contribution in [0.15, 0.2) is 52.9 Å². The molecule has 0 aliphatic rings. The zero-order valence-electron chi connectivity index (χ0n) is 12.9. The van der Waals surface area contributed by atoms with Gasteiger partial charge >= 0.3 is 5.97 Å². The van der Waals surface area contributed by atoms with Gasteiger partial charge in [0.25, 0.3) is 5.91 Å². The molecule has 3 aromatic rings.